The number of rotatable bonds is 6. The first-order valence-electron chi connectivity index (χ1n) is 5.53. The van der Waals surface area contributed by atoms with Gasteiger partial charge in [0.1, 0.15) is 6.04 Å². The molecule has 1 unspecified atom stereocenters. The first-order chi connectivity index (χ1) is 8.95. The molecule has 1 aromatic rings. The van der Waals surface area contributed by atoms with Gasteiger partial charge in [0, 0.05) is 4.90 Å². The first kappa shape index (κ1) is 15.4. The summed E-state index contributed by atoms with van der Waals surface area (Å²) in [6.45, 7) is 1.61. The van der Waals surface area contributed by atoms with Crippen molar-refractivity contribution in [3.63, 3.8) is 0 Å². The molecule has 0 bridgehead atoms. The second-order valence-electron chi connectivity index (χ2n) is 3.65. The predicted molar refractivity (Wildman–Crippen MR) is 67.5 cm³/mol. The molecule has 4 nitrogen and oxygen atoms in total. The van der Waals surface area contributed by atoms with Gasteiger partial charge in [-0.05, 0) is 18.6 Å². The molecule has 0 aliphatic carbocycles. The zero-order valence-corrected chi connectivity index (χ0v) is 10.9. The number of benzene rings is 1. The quantitative estimate of drug-likeness (QED) is 0.790. The Morgan fingerprint density at radius 3 is 2.53 bits per heavy atom. The number of carboxylic acids is 1. The number of carboxylic acid groups (broad SMARTS) is 1. The van der Waals surface area contributed by atoms with Crippen LogP contribution >= 0.6 is 11.8 Å². The summed E-state index contributed by atoms with van der Waals surface area (Å²) < 4.78 is 24.7. The van der Waals surface area contributed by atoms with Crippen LogP contribution in [0.4, 0.5) is 8.78 Å². The maximum Gasteiger partial charge on any atom is 0.326 e. The van der Waals surface area contributed by atoms with E-state index in [1.54, 1.807) is 6.92 Å². The Morgan fingerprint density at radius 2 is 2.00 bits per heavy atom. The molecular weight excluding hydrogens is 276 g/mol. The summed E-state index contributed by atoms with van der Waals surface area (Å²) in [4.78, 5) is 22.8. The fourth-order valence-electron chi connectivity index (χ4n) is 1.43. The molecule has 0 aliphatic heterocycles. The fourth-order valence-corrected chi connectivity index (χ4v) is 2.06. The average Bonchev–Trinajstić information content (AvgIpc) is 2.35. The SMILES string of the molecule is CCC(NC(=O)c1ccccc1SC(F)F)C(=O)O. The number of thioether (sulfide) groups is 1. The molecule has 19 heavy (non-hydrogen) atoms. The van der Waals surface area contributed by atoms with Crippen LogP contribution in [0.25, 0.3) is 0 Å². The second kappa shape index (κ2) is 7.08. The lowest BCUT2D eigenvalue weighted by molar-refractivity contribution is -0.139. The van der Waals surface area contributed by atoms with Gasteiger partial charge >= 0.3 is 5.97 Å². The molecule has 0 radical (unpaired) electrons. The van der Waals surface area contributed by atoms with Crippen molar-refractivity contribution in [1.82, 2.24) is 5.32 Å². The Bertz CT molecular complexity index is 468. The molecule has 1 rings (SSSR count). The maximum absolute atomic E-state index is 12.4. The van der Waals surface area contributed by atoms with Crippen LogP contribution in [0, 0.1) is 0 Å². The van der Waals surface area contributed by atoms with Crippen molar-refractivity contribution in [1.29, 1.82) is 0 Å². The van der Waals surface area contributed by atoms with Crippen LogP contribution in [-0.2, 0) is 4.79 Å². The highest BCUT2D eigenvalue weighted by Crippen LogP contribution is 2.28. The number of nitrogens with one attached hydrogen (secondary N) is 1. The Morgan fingerprint density at radius 1 is 1.37 bits per heavy atom. The molecule has 0 aliphatic rings. The van der Waals surface area contributed by atoms with Crippen LogP contribution in [0.3, 0.4) is 0 Å². The van der Waals surface area contributed by atoms with E-state index in [2.05, 4.69) is 5.32 Å². The smallest absolute Gasteiger partial charge is 0.326 e. The van der Waals surface area contributed by atoms with Crippen LogP contribution in [0.1, 0.15) is 23.7 Å². The molecule has 1 aromatic carbocycles. The normalized spacial score (nSPS) is 12.2. The summed E-state index contributed by atoms with van der Waals surface area (Å²) in [5, 5.41) is 11.1. The average molecular weight is 289 g/mol. The van der Waals surface area contributed by atoms with Gasteiger partial charge in [0.15, 0.2) is 0 Å². The summed E-state index contributed by atoms with van der Waals surface area (Å²) in [5.74, 6) is -4.47. The van der Waals surface area contributed by atoms with Gasteiger partial charge in [-0.2, -0.15) is 8.78 Å². The van der Waals surface area contributed by atoms with Gasteiger partial charge in [0.2, 0.25) is 0 Å². The zero-order valence-electron chi connectivity index (χ0n) is 10.1. The molecule has 0 aromatic heterocycles. The van der Waals surface area contributed by atoms with Crippen molar-refractivity contribution < 1.29 is 23.5 Å². The highest BCUT2D eigenvalue weighted by molar-refractivity contribution is 7.99. The van der Waals surface area contributed by atoms with Crippen LogP contribution in [0.5, 0.6) is 0 Å². The number of carbonyl (C=O) groups excluding carboxylic acids is 1. The van der Waals surface area contributed by atoms with Gasteiger partial charge < -0.3 is 10.4 Å². The number of halogens is 2. The number of aliphatic carboxylic acids is 1. The largest absolute Gasteiger partial charge is 0.480 e. The molecule has 0 heterocycles. The van der Waals surface area contributed by atoms with Crippen molar-refractivity contribution in [2.45, 2.75) is 30.0 Å². The summed E-state index contributed by atoms with van der Waals surface area (Å²) in [5.41, 5.74) is 0.0486. The monoisotopic (exact) mass is 289 g/mol. The lowest BCUT2D eigenvalue weighted by Gasteiger charge is -2.14. The highest BCUT2D eigenvalue weighted by atomic mass is 32.2. The van der Waals surface area contributed by atoms with Crippen molar-refractivity contribution in [3.8, 4) is 0 Å². The van der Waals surface area contributed by atoms with Crippen molar-refractivity contribution in [2.75, 3.05) is 0 Å². The van der Waals surface area contributed by atoms with Gasteiger partial charge in [-0.3, -0.25) is 4.79 Å². The minimum atomic E-state index is -2.64. The van der Waals surface area contributed by atoms with Crippen LogP contribution < -0.4 is 5.32 Å². The Labute approximate surface area is 113 Å². The third-order valence-electron chi connectivity index (χ3n) is 2.36. The molecule has 0 spiro atoms. The molecule has 0 saturated carbocycles. The van der Waals surface area contributed by atoms with Crippen LogP contribution in [-0.4, -0.2) is 28.8 Å². The minimum Gasteiger partial charge on any atom is -0.480 e. The standard InChI is InChI=1S/C12H13F2NO3S/c1-2-8(11(17)18)15-10(16)7-5-3-4-6-9(7)19-12(13)14/h3-6,8,12H,2H2,1H3,(H,15,16)(H,17,18). The number of hydrogen-bond donors (Lipinski definition) is 2. The Hall–Kier alpha value is -1.63. The molecule has 0 fully saturated rings. The number of hydrogen-bond acceptors (Lipinski definition) is 3. The van der Waals surface area contributed by atoms with Gasteiger partial charge in [-0.25, -0.2) is 4.79 Å². The number of amides is 1. The van der Waals surface area contributed by atoms with Gasteiger partial charge in [0.05, 0.1) is 5.56 Å². The van der Waals surface area contributed by atoms with Gasteiger partial charge in [-0.1, -0.05) is 30.8 Å². The summed E-state index contributed by atoms with van der Waals surface area (Å²) in [6, 6.07) is 4.82. The lowest BCUT2D eigenvalue weighted by Crippen LogP contribution is -2.40. The summed E-state index contributed by atoms with van der Waals surface area (Å²) in [7, 11) is 0. The zero-order chi connectivity index (χ0) is 14.4. The first-order valence-corrected chi connectivity index (χ1v) is 6.41. The summed E-state index contributed by atoms with van der Waals surface area (Å²) in [6.07, 6.45) is 0.214. The Kier molecular flexibility index (Phi) is 5.75. The molecule has 1 amide bonds. The van der Waals surface area contributed by atoms with Crippen molar-refractivity contribution in [2.24, 2.45) is 0 Å². The topological polar surface area (TPSA) is 66.4 Å². The molecule has 2 N–H and O–H groups in total. The van der Waals surface area contributed by atoms with Crippen molar-refractivity contribution >= 4 is 23.6 Å². The van der Waals surface area contributed by atoms with Gasteiger partial charge in [0.25, 0.3) is 11.7 Å². The highest BCUT2D eigenvalue weighted by Gasteiger charge is 2.21. The second-order valence-corrected chi connectivity index (χ2v) is 4.68. The van der Waals surface area contributed by atoms with E-state index in [0.29, 0.717) is 0 Å². The number of carbonyl (C=O) groups is 2. The summed E-state index contributed by atoms with van der Waals surface area (Å²) >= 11 is 0.255. The van der Waals surface area contributed by atoms with E-state index < -0.39 is 23.7 Å². The van der Waals surface area contributed by atoms with E-state index in [0.717, 1.165) is 0 Å². The maximum atomic E-state index is 12.4. The van der Waals surface area contributed by atoms with E-state index in [9.17, 15) is 18.4 Å². The molecule has 7 heteroatoms. The number of alkyl halides is 2. The minimum absolute atomic E-state index is 0.0486. The lowest BCUT2D eigenvalue weighted by atomic mass is 10.1. The van der Waals surface area contributed by atoms with E-state index in [1.807, 2.05) is 0 Å². The third kappa shape index (κ3) is 4.51. The van der Waals surface area contributed by atoms with Crippen LogP contribution in [0.2, 0.25) is 0 Å². The molecule has 104 valence electrons. The molecular formula is C12H13F2NO3S. The fraction of sp³-hybridized carbons (Fsp3) is 0.333. The third-order valence-corrected chi connectivity index (χ3v) is 3.15. The van der Waals surface area contributed by atoms with E-state index in [-0.39, 0.29) is 28.6 Å². The van der Waals surface area contributed by atoms with E-state index >= 15 is 0 Å². The van der Waals surface area contributed by atoms with E-state index in [4.69, 9.17) is 5.11 Å². The molecule has 0 saturated heterocycles. The van der Waals surface area contributed by atoms with E-state index in [1.165, 1.54) is 24.3 Å². The molecule has 1 atom stereocenters. The van der Waals surface area contributed by atoms with Gasteiger partial charge in [-0.15, -0.1) is 0 Å². The predicted octanol–water partition coefficient (Wildman–Crippen LogP) is 2.59. The van der Waals surface area contributed by atoms with Crippen molar-refractivity contribution in [3.05, 3.63) is 29.8 Å². The Balaban J connectivity index is 2.90. The van der Waals surface area contributed by atoms with Crippen LogP contribution in [0.15, 0.2) is 29.2 Å².